The number of nitrogens with one attached hydrogen (secondary N) is 1. The van der Waals surface area contributed by atoms with Gasteiger partial charge in [0.25, 0.3) is 0 Å². The van der Waals surface area contributed by atoms with Gasteiger partial charge in [-0.1, -0.05) is 6.92 Å². The van der Waals surface area contributed by atoms with Crippen LogP contribution in [0.3, 0.4) is 0 Å². The van der Waals surface area contributed by atoms with Gasteiger partial charge in [0.05, 0.1) is 20.3 Å². The zero-order chi connectivity index (χ0) is 15.4. The molecule has 0 aliphatic heterocycles. The second-order valence-electron chi connectivity index (χ2n) is 5.01. The lowest BCUT2D eigenvalue weighted by atomic mass is 10.0. The lowest BCUT2D eigenvalue weighted by Gasteiger charge is -2.34. The van der Waals surface area contributed by atoms with Gasteiger partial charge in [-0.15, -0.1) is 0 Å². The number of esters is 1. The molecular weight excluding hydrogens is 260 g/mol. The van der Waals surface area contributed by atoms with E-state index in [1.165, 1.54) is 7.11 Å². The zero-order valence-corrected chi connectivity index (χ0v) is 13.5. The van der Waals surface area contributed by atoms with Crippen LogP contribution in [0, 0.1) is 0 Å². The minimum atomic E-state index is -0.716. The van der Waals surface area contributed by atoms with Gasteiger partial charge in [-0.3, -0.25) is 9.69 Å². The van der Waals surface area contributed by atoms with E-state index < -0.39 is 5.54 Å². The molecule has 1 N–H and O–H groups in total. The molecule has 6 nitrogen and oxygen atoms in total. The molecule has 0 aliphatic carbocycles. The second kappa shape index (κ2) is 11.0. The molecule has 0 spiro atoms. The van der Waals surface area contributed by atoms with E-state index in [0.29, 0.717) is 19.8 Å². The van der Waals surface area contributed by atoms with E-state index in [1.54, 1.807) is 14.2 Å². The molecule has 0 aromatic carbocycles. The average molecular weight is 290 g/mol. The van der Waals surface area contributed by atoms with Crippen LogP contribution in [-0.2, 0) is 19.0 Å². The SMILES string of the molecule is CCCNC(C)(CN(CCOC)CCOC)C(=O)OC. The lowest BCUT2D eigenvalue weighted by Crippen LogP contribution is -2.58. The third kappa shape index (κ3) is 7.19. The standard InChI is InChI=1S/C14H30N2O4/c1-6-7-15-14(2,13(17)20-5)12-16(8-10-18-3)9-11-19-4/h15H,6-12H2,1-5H3. The Balaban J connectivity index is 4.71. The fraction of sp³-hybridized carbons (Fsp3) is 0.929. The highest BCUT2D eigenvalue weighted by atomic mass is 16.5. The highest BCUT2D eigenvalue weighted by Gasteiger charge is 2.35. The normalized spacial score (nSPS) is 14.3. The molecule has 1 unspecified atom stereocenters. The maximum absolute atomic E-state index is 12.0. The highest BCUT2D eigenvalue weighted by molar-refractivity contribution is 5.80. The van der Waals surface area contributed by atoms with Crippen molar-refractivity contribution in [2.24, 2.45) is 0 Å². The van der Waals surface area contributed by atoms with Crippen LogP contribution in [0.4, 0.5) is 0 Å². The summed E-state index contributed by atoms with van der Waals surface area (Å²) in [6.07, 6.45) is 0.961. The summed E-state index contributed by atoms with van der Waals surface area (Å²) < 4.78 is 15.2. The molecule has 0 saturated carbocycles. The van der Waals surface area contributed by atoms with Gasteiger partial charge < -0.3 is 19.5 Å². The quantitative estimate of drug-likeness (QED) is 0.529. The maximum atomic E-state index is 12.0. The van der Waals surface area contributed by atoms with Crippen molar-refractivity contribution in [3.63, 3.8) is 0 Å². The first-order chi connectivity index (χ1) is 9.53. The first kappa shape index (κ1) is 19.3. The topological polar surface area (TPSA) is 60.0 Å². The van der Waals surface area contributed by atoms with Crippen LogP contribution < -0.4 is 5.32 Å². The van der Waals surface area contributed by atoms with Gasteiger partial charge in [-0.2, -0.15) is 0 Å². The zero-order valence-electron chi connectivity index (χ0n) is 13.5. The number of methoxy groups -OCH3 is 3. The van der Waals surface area contributed by atoms with Crippen LogP contribution in [-0.4, -0.2) is 77.1 Å². The van der Waals surface area contributed by atoms with E-state index in [2.05, 4.69) is 17.1 Å². The number of carbonyl (C=O) groups is 1. The number of ether oxygens (including phenoxy) is 3. The van der Waals surface area contributed by atoms with E-state index in [1.807, 2.05) is 6.92 Å². The Labute approximate surface area is 122 Å². The van der Waals surface area contributed by atoms with E-state index >= 15 is 0 Å². The maximum Gasteiger partial charge on any atom is 0.327 e. The molecule has 0 aromatic heterocycles. The molecule has 20 heavy (non-hydrogen) atoms. The van der Waals surface area contributed by atoms with E-state index in [4.69, 9.17) is 14.2 Å². The van der Waals surface area contributed by atoms with Gasteiger partial charge in [0.15, 0.2) is 0 Å². The Morgan fingerprint density at radius 2 is 1.70 bits per heavy atom. The summed E-state index contributed by atoms with van der Waals surface area (Å²) in [5.74, 6) is -0.245. The molecule has 0 amide bonds. The summed E-state index contributed by atoms with van der Waals surface area (Å²) in [6.45, 7) is 8.02. The Morgan fingerprint density at radius 1 is 1.15 bits per heavy atom. The molecule has 120 valence electrons. The van der Waals surface area contributed by atoms with Crippen LogP contribution in [0.15, 0.2) is 0 Å². The molecule has 0 radical (unpaired) electrons. The van der Waals surface area contributed by atoms with Crippen molar-refractivity contribution in [1.82, 2.24) is 10.2 Å². The Hall–Kier alpha value is -0.690. The van der Waals surface area contributed by atoms with E-state index in [0.717, 1.165) is 26.1 Å². The first-order valence-corrected chi connectivity index (χ1v) is 7.07. The van der Waals surface area contributed by atoms with Crippen LogP contribution in [0.25, 0.3) is 0 Å². The van der Waals surface area contributed by atoms with Crippen molar-refractivity contribution in [1.29, 1.82) is 0 Å². The Bertz CT molecular complexity index is 256. The molecule has 0 saturated heterocycles. The molecule has 6 heteroatoms. The van der Waals surface area contributed by atoms with Gasteiger partial charge >= 0.3 is 5.97 Å². The number of rotatable bonds is 12. The fourth-order valence-electron chi connectivity index (χ4n) is 1.98. The fourth-order valence-corrected chi connectivity index (χ4v) is 1.98. The van der Waals surface area contributed by atoms with Crippen molar-refractivity contribution in [2.75, 3.05) is 60.7 Å². The highest BCUT2D eigenvalue weighted by Crippen LogP contribution is 2.10. The first-order valence-electron chi connectivity index (χ1n) is 7.07. The number of nitrogens with zero attached hydrogens (tertiary/aromatic N) is 1. The third-order valence-corrected chi connectivity index (χ3v) is 3.16. The van der Waals surface area contributed by atoms with Crippen LogP contribution >= 0.6 is 0 Å². The molecule has 0 rings (SSSR count). The van der Waals surface area contributed by atoms with Gasteiger partial charge in [-0.05, 0) is 19.9 Å². The Kier molecular flexibility index (Phi) is 10.6. The smallest absolute Gasteiger partial charge is 0.327 e. The second-order valence-corrected chi connectivity index (χ2v) is 5.01. The average Bonchev–Trinajstić information content (AvgIpc) is 2.46. The minimum absolute atomic E-state index is 0.245. The van der Waals surface area contributed by atoms with Gasteiger partial charge in [0.1, 0.15) is 5.54 Å². The predicted octanol–water partition coefficient (Wildman–Crippen LogP) is 0.513. The van der Waals surface area contributed by atoms with Crippen LogP contribution in [0.1, 0.15) is 20.3 Å². The Morgan fingerprint density at radius 3 is 2.10 bits per heavy atom. The van der Waals surface area contributed by atoms with Crippen LogP contribution in [0.2, 0.25) is 0 Å². The summed E-state index contributed by atoms with van der Waals surface area (Å²) in [5.41, 5.74) is -0.716. The third-order valence-electron chi connectivity index (χ3n) is 3.16. The van der Waals surface area contributed by atoms with Crippen molar-refractivity contribution >= 4 is 5.97 Å². The largest absolute Gasteiger partial charge is 0.468 e. The van der Waals surface area contributed by atoms with Crippen molar-refractivity contribution in [3.05, 3.63) is 0 Å². The monoisotopic (exact) mass is 290 g/mol. The van der Waals surface area contributed by atoms with E-state index in [9.17, 15) is 4.79 Å². The predicted molar refractivity (Wildman–Crippen MR) is 78.9 cm³/mol. The van der Waals surface area contributed by atoms with Crippen molar-refractivity contribution in [3.8, 4) is 0 Å². The molecule has 1 atom stereocenters. The molecular formula is C14H30N2O4. The summed E-state index contributed by atoms with van der Waals surface area (Å²) in [7, 11) is 4.76. The summed E-state index contributed by atoms with van der Waals surface area (Å²) in [5, 5.41) is 3.28. The molecule has 0 heterocycles. The number of carbonyl (C=O) groups excluding carboxylic acids is 1. The lowest BCUT2D eigenvalue weighted by molar-refractivity contribution is -0.149. The van der Waals surface area contributed by atoms with Crippen LogP contribution in [0.5, 0.6) is 0 Å². The molecule has 0 bridgehead atoms. The molecule has 0 aromatic rings. The van der Waals surface area contributed by atoms with Gasteiger partial charge in [-0.25, -0.2) is 0 Å². The number of hydrogen-bond acceptors (Lipinski definition) is 6. The van der Waals surface area contributed by atoms with Crippen molar-refractivity contribution < 1.29 is 19.0 Å². The van der Waals surface area contributed by atoms with E-state index in [-0.39, 0.29) is 5.97 Å². The molecule has 0 fully saturated rings. The van der Waals surface area contributed by atoms with Gasteiger partial charge in [0.2, 0.25) is 0 Å². The summed E-state index contributed by atoms with van der Waals surface area (Å²) in [6, 6.07) is 0. The summed E-state index contributed by atoms with van der Waals surface area (Å²) in [4.78, 5) is 14.2. The minimum Gasteiger partial charge on any atom is -0.468 e. The summed E-state index contributed by atoms with van der Waals surface area (Å²) >= 11 is 0. The van der Waals surface area contributed by atoms with Crippen molar-refractivity contribution in [2.45, 2.75) is 25.8 Å². The number of hydrogen-bond donors (Lipinski definition) is 1. The van der Waals surface area contributed by atoms with Gasteiger partial charge in [0, 0.05) is 33.9 Å². The molecule has 0 aliphatic rings.